The first kappa shape index (κ1) is 31.8. The molecule has 11 heteroatoms. The molecule has 0 aliphatic carbocycles. The average Bonchev–Trinajstić information content (AvgIpc) is 3.31. The molecule has 45 heavy (non-hydrogen) atoms. The number of halogens is 2. The highest BCUT2D eigenvalue weighted by atomic mass is 79.9. The summed E-state index contributed by atoms with van der Waals surface area (Å²) >= 11 is 4.78. The minimum atomic E-state index is -1.03. The molecule has 1 saturated heterocycles. The van der Waals surface area contributed by atoms with Gasteiger partial charge in [-0.2, -0.15) is 0 Å². The van der Waals surface area contributed by atoms with E-state index in [0.717, 1.165) is 5.56 Å². The second-order valence-corrected chi connectivity index (χ2v) is 11.6. The summed E-state index contributed by atoms with van der Waals surface area (Å²) in [6.07, 6.45) is 1.75. The highest BCUT2D eigenvalue weighted by Crippen LogP contribution is 2.40. The summed E-state index contributed by atoms with van der Waals surface area (Å²) in [5.41, 5.74) is 2.63. The Kier molecular flexibility index (Phi) is 10.2. The van der Waals surface area contributed by atoms with E-state index < -0.39 is 5.97 Å². The lowest BCUT2D eigenvalue weighted by Gasteiger charge is -2.16. The van der Waals surface area contributed by atoms with Crippen molar-refractivity contribution >= 4 is 56.5 Å². The lowest BCUT2D eigenvalue weighted by atomic mass is 10.1. The monoisotopic (exact) mass is 690 g/mol. The number of thioether (sulfide) groups is 1. The van der Waals surface area contributed by atoms with Gasteiger partial charge in [0.1, 0.15) is 18.2 Å². The summed E-state index contributed by atoms with van der Waals surface area (Å²) in [7, 11) is 1.58. The topological polar surface area (TPSA) is 97.7 Å². The summed E-state index contributed by atoms with van der Waals surface area (Å²) in [5.74, 6) is -0.110. The highest BCUT2D eigenvalue weighted by molar-refractivity contribution is 9.10. The van der Waals surface area contributed by atoms with Crippen molar-refractivity contribution < 1.29 is 33.3 Å². The molecule has 1 aliphatic heterocycles. The summed E-state index contributed by atoms with van der Waals surface area (Å²) in [6, 6.07) is 23.5. The number of methoxy groups -OCH3 is 1. The highest BCUT2D eigenvalue weighted by Gasteiger charge is 2.34. The van der Waals surface area contributed by atoms with E-state index in [1.165, 1.54) is 30.0 Å². The second-order valence-electron chi connectivity index (χ2n) is 9.74. The minimum absolute atomic E-state index is 0.00765. The lowest BCUT2D eigenvalue weighted by Crippen LogP contribution is -2.28. The van der Waals surface area contributed by atoms with Crippen molar-refractivity contribution in [2.45, 2.75) is 20.1 Å². The lowest BCUT2D eigenvalue weighted by molar-refractivity contribution is -0.122. The van der Waals surface area contributed by atoms with Gasteiger partial charge in [0.2, 0.25) is 0 Å². The Balaban J connectivity index is 1.46. The molecule has 4 aromatic rings. The SMILES string of the molecule is CCOc1cc(/C=C2\SC(=Nc3ccc(OC)cc3)N(Cc3ccc(C(=O)O)cc3)C2=O)cc(Br)c1OCc1ccccc1F. The number of ether oxygens (including phenoxy) is 3. The van der Waals surface area contributed by atoms with E-state index in [9.17, 15) is 19.1 Å². The molecule has 230 valence electrons. The number of hydrogen-bond donors (Lipinski definition) is 1. The number of carbonyl (C=O) groups is 2. The molecule has 4 aromatic carbocycles. The summed E-state index contributed by atoms with van der Waals surface area (Å²) in [5, 5.41) is 9.73. The van der Waals surface area contributed by atoms with Gasteiger partial charge in [-0.05, 0) is 106 Å². The second kappa shape index (κ2) is 14.4. The third-order valence-corrected chi connectivity index (χ3v) is 8.28. The number of benzene rings is 4. The number of carboxylic acid groups (broad SMARTS) is 1. The van der Waals surface area contributed by atoms with Crippen LogP contribution in [0, 0.1) is 5.82 Å². The smallest absolute Gasteiger partial charge is 0.335 e. The van der Waals surface area contributed by atoms with Crippen molar-refractivity contribution in [2.75, 3.05) is 13.7 Å². The van der Waals surface area contributed by atoms with Crippen molar-refractivity contribution in [3.05, 3.63) is 122 Å². The van der Waals surface area contributed by atoms with Crippen molar-refractivity contribution in [3.63, 3.8) is 0 Å². The fourth-order valence-electron chi connectivity index (χ4n) is 4.42. The number of amidine groups is 1. The number of carbonyl (C=O) groups excluding carboxylic acids is 1. The Morgan fingerprint density at radius 3 is 2.44 bits per heavy atom. The normalized spacial score (nSPS) is 14.7. The van der Waals surface area contributed by atoms with Gasteiger partial charge in [-0.1, -0.05) is 30.3 Å². The quantitative estimate of drug-likeness (QED) is 0.159. The van der Waals surface area contributed by atoms with E-state index in [0.29, 0.717) is 55.2 Å². The Bertz CT molecular complexity index is 1780. The van der Waals surface area contributed by atoms with Gasteiger partial charge in [0, 0.05) is 5.56 Å². The molecule has 1 N–H and O–H groups in total. The van der Waals surface area contributed by atoms with Gasteiger partial charge in [0.05, 0.1) is 40.9 Å². The minimum Gasteiger partial charge on any atom is -0.497 e. The van der Waals surface area contributed by atoms with Gasteiger partial charge in [-0.15, -0.1) is 0 Å². The van der Waals surface area contributed by atoms with E-state index >= 15 is 0 Å². The third-order valence-electron chi connectivity index (χ3n) is 6.69. The molecule has 0 unspecified atom stereocenters. The molecule has 8 nitrogen and oxygen atoms in total. The number of nitrogens with zero attached hydrogens (tertiary/aromatic N) is 2. The molecule has 1 amide bonds. The first-order valence-corrected chi connectivity index (χ1v) is 15.5. The number of hydrogen-bond acceptors (Lipinski definition) is 7. The van der Waals surface area contributed by atoms with Crippen LogP contribution >= 0.6 is 27.7 Å². The zero-order valence-electron chi connectivity index (χ0n) is 24.3. The molecule has 0 atom stereocenters. The first-order valence-electron chi connectivity index (χ1n) is 13.8. The molecule has 1 fully saturated rings. The van der Waals surface area contributed by atoms with Gasteiger partial charge >= 0.3 is 5.97 Å². The van der Waals surface area contributed by atoms with E-state index in [2.05, 4.69) is 15.9 Å². The third kappa shape index (κ3) is 7.73. The first-order chi connectivity index (χ1) is 21.7. The fraction of sp³-hybridized carbons (Fsp3) is 0.147. The van der Waals surface area contributed by atoms with E-state index in [1.54, 1.807) is 84.8 Å². The van der Waals surface area contributed by atoms with Crippen LogP contribution in [-0.2, 0) is 17.9 Å². The zero-order valence-corrected chi connectivity index (χ0v) is 26.7. The molecule has 5 rings (SSSR count). The van der Waals surface area contributed by atoms with Crippen LogP contribution in [0.1, 0.15) is 34.0 Å². The summed E-state index contributed by atoms with van der Waals surface area (Å²) in [4.78, 5) is 31.8. The summed E-state index contributed by atoms with van der Waals surface area (Å²) in [6.45, 7) is 2.41. The van der Waals surface area contributed by atoms with Crippen LogP contribution in [-0.4, -0.2) is 40.8 Å². The van der Waals surface area contributed by atoms with E-state index in [-0.39, 0.29) is 30.4 Å². The van der Waals surface area contributed by atoms with Crippen molar-refractivity contribution in [1.29, 1.82) is 0 Å². The van der Waals surface area contributed by atoms with Crippen LogP contribution in [0.2, 0.25) is 0 Å². The van der Waals surface area contributed by atoms with Gasteiger partial charge in [0.15, 0.2) is 16.7 Å². The van der Waals surface area contributed by atoms with Gasteiger partial charge < -0.3 is 19.3 Å². The van der Waals surface area contributed by atoms with Gasteiger partial charge in [-0.3, -0.25) is 9.69 Å². The van der Waals surface area contributed by atoms with Gasteiger partial charge in [-0.25, -0.2) is 14.2 Å². The number of aromatic carboxylic acids is 1. The van der Waals surface area contributed by atoms with E-state index in [4.69, 9.17) is 19.2 Å². The predicted octanol–water partition coefficient (Wildman–Crippen LogP) is 8.08. The van der Waals surface area contributed by atoms with Crippen LogP contribution in [0.3, 0.4) is 0 Å². The van der Waals surface area contributed by atoms with Crippen molar-refractivity contribution in [3.8, 4) is 17.2 Å². The molecule has 0 radical (unpaired) electrons. The standard InChI is InChI=1S/C34H28BrFN2O6S/c1-3-43-29-17-22(16-27(35)31(29)44-20-24-6-4-5-7-28(24)36)18-30-32(39)38(19-21-8-10-23(11-9-21)33(40)41)34(45-30)37-25-12-14-26(42-2)15-13-25/h4-18H,3,19-20H2,1-2H3,(H,40,41)/b30-18-,37-34?. The van der Waals surface area contributed by atoms with Crippen molar-refractivity contribution in [2.24, 2.45) is 4.99 Å². The molecular formula is C34H28BrFN2O6S. The van der Waals surface area contributed by atoms with Crippen LogP contribution in [0.25, 0.3) is 6.08 Å². The van der Waals surface area contributed by atoms with Crippen LogP contribution in [0.5, 0.6) is 17.2 Å². The number of aliphatic imine (C=N–C) groups is 1. The van der Waals surface area contributed by atoms with E-state index in [1.807, 2.05) is 6.92 Å². The summed E-state index contributed by atoms with van der Waals surface area (Å²) < 4.78 is 31.8. The largest absolute Gasteiger partial charge is 0.497 e. The molecular weight excluding hydrogens is 663 g/mol. The zero-order chi connectivity index (χ0) is 31.9. The van der Waals surface area contributed by atoms with Crippen LogP contribution in [0.4, 0.5) is 10.1 Å². The Labute approximate surface area is 272 Å². The Morgan fingerprint density at radius 1 is 1.04 bits per heavy atom. The number of carboxylic acids is 1. The maximum Gasteiger partial charge on any atom is 0.335 e. The maximum absolute atomic E-state index is 14.2. The van der Waals surface area contributed by atoms with Gasteiger partial charge in [0.25, 0.3) is 5.91 Å². The Morgan fingerprint density at radius 2 is 1.78 bits per heavy atom. The average molecular weight is 692 g/mol. The Hall–Kier alpha value is -4.61. The van der Waals surface area contributed by atoms with Crippen LogP contribution in [0.15, 0.2) is 99.3 Å². The molecule has 0 aromatic heterocycles. The maximum atomic E-state index is 14.2. The molecule has 0 spiro atoms. The number of amides is 1. The van der Waals surface area contributed by atoms with Crippen LogP contribution < -0.4 is 14.2 Å². The molecule has 0 bridgehead atoms. The number of rotatable bonds is 11. The fourth-order valence-corrected chi connectivity index (χ4v) is 6.00. The molecule has 1 aliphatic rings. The molecule has 0 saturated carbocycles. The molecule has 1 heterocycles. The van der Waals surface area contributed by atoms with Crippen molar-refractivity contribution in [1.82, 2.24) is 4.90 Å². The predicted molar refractivity (Wildman–Crippen MR) is 176 cm³/mol.